The van der Waals surface area contributed by atoms with Gasteiger partial charge in [0.15, 0.2) is 11.7 Å². The van der Waals surface area contributed by atoms with Crippen LogP contribution in [0.4, 0.5) is 5.13 Å². The van der Waals surface area contributed by atoms with Crippen LogP contribution < -0.4 is 10.1 Å². The molecule has 7 heteroatoms. The minimum Gasteiger partial charge on any atom is -0.483 e. The number of carbonyl (C=O) groups is 1. The first-order valence-electron chi connectivity index (χ1n) is 7.43. The SMILES string of the molecule is Cc1sc(NC(=O)COc2ccc(Cl)cc2Br)nc1-c1ccccc1. The van der Waals surface area contributed by atoms with Gasteiger partial charge < -0.3 is 4.74 Å². The number of anilines is 1. The summed E-state index contributed by atoms with van der Waals surface area (Å²) in [4.78, 5) is 17.7. The number of ether oxygens (including phenoxy) is 1. The molecule has 0 aliphatic heterocycles. The van der Waals surface area contributed by atoms with Crippen LogP contribution in [-0.4, -0.2) is 17.5 Å². The maximum absolute atomic E-state index is 12.1. The molecule has 0 radical (unpaired) electrons. The first kappa shape index (κ1) is 17.9. The topological polar surface area (TPSA) is 51.2 Å². The van der Waals surface area contributed by atoms with E-state index in [4.69, 9.17) is 16.3 Å². The van der Waals surface area contributed by atoms with Crippen molar-refractivity contribution in [3.63, 3.8) is 0 Å². The van der Waals surface area contributed by atoms with Gasteiger partial charge in [-0.15, -0.1) is 11.3 Å². The summed E-state index contributed by atoms with van der Waals surface area (Å²) in [5.41, 5.74) is 1.90. The Morgan fingerprint density at radius 3 is 2.76 bits per heavy atom. The number of hydrogen-bond donors (Lipinski definition) is 1. The molecule has 0 unspecified atom stereocenters. The molecule has 4 nitrogen and oxygen atoms in total. The average molecular weight is 438 g/mol. The molecular weight excluding hydrogens is 424 g/mol. The Labute approximate surface area is 162 Å². The average Bonchev–Trinajstić information content (AvgIpc) is 2.95. The van der Waals surface area contributed by atoms with Crippen LogP contribution in [0.15, 0.2) is 53.0 Å². The normalized spacial score (nSPS) is 10.5. The summed E-state index contributed by atoms with van der Waals surface area (Å²) < 4.78 is 6.21. The van der Waals surface area contributed by atoms with Gasteiger partial charge in [-0.2, -0.15) is 0 Å². The van der Waals surface area contributed by atoms with Crippen LogP contribution >= 0.6 is 38.9 Å². The van der Waals surface area contributed by atoms with Gasteiger partial charge in [-0.3, -0.25) is 10.1 Å². The van der Waals surface area contributed by atoms with Gasteiger partial charge in [0, 0.05) is 15.5 Å². The summed E-state index contributed by atoms with van der Waals surface area (Å²) in [5, 5.41) is 3.92. The molecule has 128 valence electrons. The molecule has 1 heterocycles. The molecule has 3 rings (SSSR count). The molecule has 3 aromatic rings. The van der Waals surface area contributed by atoms with E-state index >= 15 is 0 Å². The summed E-state index contributed by atoms with van der Waals surface area (Å²) in [7, 11) is 0. The van der Waals surface area contributed by atoms with E-state index in [9.17, 15) is 4.79 Å². The Kier molecular flexibility index (Phi) is 5.73. The van der Waals surface area contributed by atoms with Crippen molar-refractivity contribution in [1.29, 1.82) is 0 Å². The number of nitrogens with one attached hydrogen (secondary N) is 1. The van der Waals surface area contributed by atoms with E-state index in [1.165, 1.54) is 11.3 Å². The fraction of sp³-hybridized carbons (Fsp3) is 0.111. The lowest BCUT2D eigenvalue weighted by Crippen LogP contribution is -2.20. The van der Waals surface area contributed by atoms with Gasteiger partial charge in [-0.25, -0.2) is 4.98 Å². The van der Waals surface area contributed by atoms with Crippen LogP contribution in [0.2, 0.25) is 5.02 Å². The molecule has 0 saturated heterocycles. The van der Waals surface area contributed by atoms with E-state index in [1.54, 1.807) is 18.2 Å². The number of nitrogens with zero attached hydrogens (tertiary/aromatic N) is 1. The van der Waals surface area contributed by atoms with E-state index in [2.05, 4.69) is 26.2 Å². The van der Waals surface area contributed by atoms with E-state index in [0.717, 1.165) is 16.1 Å². The third-order valence-corrected chi connectivity index (χ3v) is 5.08. The van der Waals surface area contributed by atoms with Crippen molar-refractivity contribution in [3.05, 3.63) is 62.9 Å². The number of halogens is 2. The summed E-state index contributed by atoms with van der Waals surface area (Å²) in [6.45, 7) is 1.87. The highest BCUT2D eigenvalue weighted by molar-refractivity contribution is 9.10. The first-order valence-corrected chi connectivity index (χ1v) is 9.42. The second-order valence-corrected chi connectivity index (χ2v) is 7.70. The van der Waals surface area contributed by atoms with Crippen LogP contribution in [0.25, 0.3) is 11.3 Å². The maximum atomic E-state index is 12.1. The number of aromatic nitrogens is 1. The summed E-state index contributed by atoms with van der Waals surface area (Å²) in [5.74, 6) is 0.287. The largest absolute Gasteiger partial charge is 0.483 e. The second kappa shape index (κ2) is 7.99. The van der Waals surface area contributed by atoms with Gasteiger partial charge in [0.2, 0.25) is 0 Å². The van der Waals surface area contributed by atoms with E-state index < -0.39 is 0 Å². The van der Waals surface area contributed by atoms with Crippen molar-refractivity contribution in [2.45, 2.75) is 6.92 Å². The van der Waals surface area contributed by atoms with Gasteiger partial charge in [0.25, 0.3) is 5.91 Å². The molecule has 25 heavy (non-hydrogen) atoms. The van der Waals surface area contributed by atoms with Gasteiger partial charge in [-0.05, 0) is 41.1 Å². The van der Waals surface area contributed by atoms with Crippen LogP contribution in [0.5, 0.6) is 5.75 Å². The Bertz CT molecular complexity index is 899. The molecule has 0 aliphatic rings. The fourth-order valence-electron chi connectivity index (χ4n) is 2.20. The molecule has 0 atom stereocenters. The zero-order valence-corrected chi connectivity index (χ0v) is 16.4. The number of hydrogen-bond acceptors (Lipinski definition) is 4. The summed E-state index contributed by atoms with van der Waals surface area (Å²) in [6.07, 6.45) is 0. The minimum atomic E-state index is -0.268. The van der Waals surface area contributed by atoms with Crippen LogP contribution in [-0.2, 0) is 4.79 Å². The summed E-state index contributed by atoms with van der Waals surface area (Å²) in [6, 6.07) is 15.0. The molecule has 1 aromatic heterocycles. The predicted molar refractivity (Wildman–Crippen MR) is 106 cm³/mol. The van der Waals surface area contributed by atoms with E-state index in [-0.39, 0.29) is 12.5 Å². The lowest BCUT2D eigenvalue weighted by Gasteiger charge is -2.07. The van der Waals surface area contributed by atoms with Gasteiger partial charge in [-0.1, -0.05) is 41.9 Å². The third-order valence-electron chi connectivity index (χ3n) is 3.34. The number of amides is 1. The van der Waals surface area contributed by atoms with Gasteiger partial charge in [0.05, 0.1) is 10.2 Å². The van der Waals surface area contributed by atoms with Gasteiger partial charge in [0.1, 0.15) is 5.75 Å². The Balaban J connectivity index is 1.63. The maximum Gasteiger partial charge on any atom is 0.264 e. The molecule has 0 spiro atoms. The highest BCUT2D eigenvalue weighted by Gasteiger charge is 2.13. The number of carbonyl (C=O) groups excluding carboxylic acids is 1. The molecular formula is C18H14BrClN2O2S. The van der Waals surface area contributed by atoms with Crippen molar-refractivity contribution in [2.24, 2.45) is 0 Å². The van der Waals surface area contributed by atoms with Crippen molar-refractivity contribution in [3.8, 4) is 17.0 Å². The zero-order valence-electron chi connectivity index (χ0n) is 13.3. The van der Waals surface area contributed by atoms with Crippen molar-refractivity contribution in [2.75, 3.05) is 11.9 Å². The van der Waals surface area contributed by atoms with Crippen LogP contribution in [0, 0.1) is 6.92 Å². The molecule has 0 bridgehead atoms. The Morgan fingerprint density at radius 1 is 1.28 bits per heavy atom. The van der Waals surface area contributed by atoms with E-state index in [0.29, 0.717) is 20.4 Å². The van der Waals surface area contributed by atoms with Crippen molar-refractivity contribution >= 4 is 49.9 Å². The lowest BCUT2D eigenvalue weighted by atomic mass is 10.1. The number of benzene rings is 2. The first-order chi connectivity index (χ1) is 12.0. The van der Waals surface area contributed by atoms with Gasteiger partial charge >= 0.3 is 0 Å². The molecule has 2 aromatic carbocycles. The highest BCUT2D eigenvalue weighted by Crippen LogP contribution is 2.30. The van der Waals surface area contributed by atoms with Crippen LogP contribution in [0.3, 0.4) is 0 Å². The predicted octanol–water partition coefficient (Wildman–Crippen LogP) is 5.55. The quantitative estimate of drug-likeness (QED) is 0.569. The zero-order chi connectivity index (χ0) is 17.8. The smallest absolute Gasteiger partial charge is 0.264 e. The van der Waals surface area contributed by atoms with Crippen molar-refractivity contribution in [1.82, 2.24) is 4.98 Å². The minimum absolute atomic E-state index is 0.112. The van der Waals surface area contributed by atoms with E-state index in [1.807, 2.05) is 37.3 Å². The number of aryl methyl sites for hydroxylation is 1. The fourth-order valence-corrected chi connectivity index (χ4v) is 3.85. The Hall–Kier alpha value is -1.89. The number of rotatable bonds is 5. The van der Waals surface area contributed by atoms with Crippen molar-refractivity contribution < 1.29 is 9.53 Å². The Morgan fingerprint density at radius 2 is 2.04 bits per heavy atom. The second-order valence-electron chi connectivity index (χ2n) is 5.20. The monoisotopic (exact) mass is 436 g/mol. The lowest BCUT2D eigenvalue weighted by molar-refractivity contribution is -0.118. The molecule has 1 N–H and O–H groups in total. The summed E-state index contributed by atoms with van der Waals surface area (Å²) >= 11 is 10.7. The molecule has 0 fully saturated rings. The highest BCUT2D eigenvalue weighted by atomic mass is 79.9. The number of thiazole rings is 1. The molecule has 1 amide bonds. The third kappa shape index (κ3) is 4.60. The van der Waals surface area contributed by atoms with Crippen LogP contribution in [0.1, 0.15) is 4.88 Å². The molecule has 0 saturated carbocycles. The molecule has 0 aliphatic carbocycles. The standard InChI is InChI=1S/C18H14BrClN2O2S/c1-11-17(12-5-3-2-4-6-12)22-18(25-11)21-16(23)10-24-15-8-7-13(20)9-14(15)19/h2-9H,10H2,1H3,(H,21,22,23).